The van der Waals surface area contributed by atoms with Crippen LogP contribution < -0.4 is 0 Å². The molecule has 2 heterocycles. The van der Waals surface area contributed by atoms with Gasteiger partial charge in [-0.15, -0.1) is 0 Å². The van der Waals surface area contributed by atoms with Crippen LogP contribution in [0.2, 0.25) is 0 Å². The van der Waals surface area contributed by atoms with Crippen LogP contribution in [-0.4, -0.2) is 15.8 Å². The zero-order chi connectivity index (χ0) is 10.8. The van der Waals surface area contributed by atoms with E-state index in [1.165, 1.54) is 0 Å². The molecule has 0 amide bonds. The van der Waals surface area contributed by atoms with Crippen molar-refractivity contribution in [2.24, 2.45) is 0 Å². The van der Waals surface area contributed by atoms with Gasteiger partial charge in [-0.1, -0.05) is 6.92 Å². The van der Waals surface area contributed by atoms with Crippen LogP contribution >= 0.6 is 15.9 Å². The van der Waals surface area contributed by atoms with Gasteiger partial charge < -0.3 is 4.57 Å². The summed E-state index contributed by atoms with van der Waals surface area (Å²) in [7, 11) is 0. The summed E-state index contributed by atoms with van der Waals surface area (Å²) < 4.78 is 2.94. The zero-order valence-electron chi connectivity index (χ0n) is 8.40. The van der Waals surface area contributed by atoms with E-state index in [4.69, 9.17) is 0 Å². The normalized spacial score (nSPS) is 10.8. The van der Waals surface area contributed by atoms with Gasteiger partial charge in [0, 0.05) is 34.4 Å². The third-order valence-corrected chi connectivity index (χ3v) is 2.99. The maximum atomic E-state index is 10.9. The van der Waals surface area contributed by atoms with Crippen LogP contribution in [0, 0.1) is 0 Å². The molecule has 15 heavy (non-hydrogen) atoms. The van der Waals surface area contributed by atoms with Crippen LogP contribution in [-0.2, 0) is 6.54 Å². The third kappa shape index (κ3) is 1.69. The molecule has 2 aromatic rings. The Morgan fingerprint density at radius 1 is 1.60 bits per heavy atom. The van der Waals surface area contributed by atoms with Gasteiger partial charge in [0.15, 0.2) is 6.29 Å². The quantitative estimate of drug-likeness (QED) is 0.801. The molecule has 4 heteroatoms. The molecule has 0 atom stereocenters. The lowest BCUT2D eigenvalue weighted by Crippen LogP contribution is -1.95. The van der Waals surface area contributed by atoms with E-state index in [1.54, 1.807) is 6.20 Å². The number of aldehydes is 1. The van der Waals surface area contributed by atoms with Gasteiger partial charge in [-0.2, -0.15) is 0 Å². The minimum atomic E-state index is 0.693. The Kier molecular flexibility index (Phi) is 2.86. The van der Waals surface area contributed by atoms with Crippen molar-refractivity contribution in [1.82, 2.24) is 9.55 Å². The molecular weight excluding hydrogens is 256 g/mol. The SMILES string of the molecule is CCCn1cc(C=O)c2c(Br)ccnc21. The number of halogens is 1. The summed E-state index contributed by atoms with van der Waals surface area (Å²) in [6.45, 7) is 2.98. The molecule has 2 rings (SSSR count). The molecule has 3 nitrogen and oxygen atoms in total. The molecule has 78 valence electrons. The smallest absolute Gasteiger partial charge is 0.152 e. The zero-order valence-corrected chi connectivity index (χ0v) is 9.99. The molecule has 0 saturated carbocycles. The molecule has 0 radical (unpaired) electrons. The van der Waals surface area contributed by atoms with Crippen molar-refractivity contribution in [2.75, 3.05) is 0 Å². The predicted octanol–water partition coefficient (Wildman–Crippen LogP) is 3.02. The van der Waals surface area contributed by atoms with Gasteiger partial charge in [0.1, 0.15) is 5.65 Å². The molecule has 0 aliphatic carbocycles. The van der Waals surface area contributed by atoms with Gasteiger partial charge in [-0.05, 0) is 28.4 Å². The summed E-state index contributed by atoms with van der Waals surface area (Å²) in [4.78, 5) is 15.2. The van der Waals surface area contributed by atoms with E-state index in [0.29, 0.717) is 5.56 Å². The molecule has 0 saturated heterocycles. The number of nitrogens with zero attached hydrogens (tertiary/aromatic N) is 2. The largest absolute Gasteiger partial charge is 0.332 e. The van der Waals surface area contributed by atoms with Crippen LogP contribution in [0.1, 0.15) is 23.7 Å². The number of rotatable bonds is 3. The Bertz CT molecular complexity index is 505. The van der Waals surface area contributed by atoms with Crippen LogP contribution in [0.3, 0.4) is 0 Å². The highest BCUT2D eigenvalue weighted by atomic mass is 79.9. The van der Waals surface area contributed by atoms with Crippen molar-refractivity contribution in [3.05, 3.63) is 28.5 Å². The number of carbonyl (C=O) groups excluding carboxylic acids is 1. The summed E-state index contributed by atoms with van der Waals surface area (Å²) in [5.74, 6) is 0. The van der Waals surface area contributed by atoms with Gasteiger partial charge in [-0.3, -0.25) is 4.79 Å². The highest BCUT2D eigenvalue weighted by molar-refractivity contribution is 9.10. The minimum Gasteiger partial charge on any atom is -0.332 e. The van der Waals surface area contributed by atoms with E-state index in [2.05, 4.69) is 27.8 Å². The number of aryl methyl sites for hydroxylation is 1. The molecule has 0 N–H and O–H groups in total. The monoisotopic (exact) mass is 266 g/mol. The van der Waals surface area contributed by atoms with Crippen LogP contribution in [0.4, 0.5) is 0 Å². The molecule has 0 aliphatic rings. The first-order chi connectivity index (χ1) is 7.27. The first kappa shape index (κ1) is 10.4. The average Bonchev–Trinajstić information content (AvgIpc) is 2.59. The van der Waals surface area contributed by atoms with E-state index in [1.807, 2.05) is 16.8 Å². The number of pyridine rings is 1. The van der Waals surface area contributed by atoms with E-state index in [-0.39, 0.29) is 0 Å². The lowest BCUT2D eigenvalue weighted by molar-refractivity contribution is 0.112. The van der Waals surface area contributed by atoms with E-state index in [9.17, 15) is 4.79 Å². The second-order valence-electron chi connectivity index (χ2n) is 3.39. The lowest BCUT2D eigenvalue weighted by atomic mass is 10.2. The Morgan fingerprint density at radius 2 is 2.40 bits per heavy atom. The first-order valence-electron chi connectivity index (χ1n) is 4.86. The molecule has 0 fully saturated rings. The number of fused-ring (bicyclic) bond motifs is 1. The summed E-state index contributed by atoms with van der Waals surface area (Å²) in [5, 5.41) is 0.904. The van der Waals surface area contributed by atoms with E-state index in [0.717, 1.165) is 34.8 Å². The van der Waals surface area contributed by atoms with E-state index >= 15 is 0 Å². The topological polar surface area (TPSA) is 34.9 Å². The fourth-order valence-corrected chi connectivity index (χ4v) is 2.23. The predicted molar refractivity (Wildman–Crippen MR) is 63.1 cm³/mol. The standard InChI is InChI=1S/C11H11BrN2O/c1-2-5-14-6-8(7-15)10-9(12)3-4-13-11(10)14/h3-4,6-7H,2,5H2,1H3. The van der Waals surface area contributed by atoms with Crippen molar-refractivity contribution in [3.63, 3.8) is 0 Å². The summed E-state index contributed by atoms with van der Waals surface area (Å²) in [6, 6.07) is 1.85. The summed E-state index contributed by atoms with van der Waals surface area (Å²) in [6.07, 6.45) is 5.50. The maximum absolute atomic E-state index is 10.9. The van der Waals surface area contributed by atoms with Gasteiger partial charge in [-0.25, -0.2) is 4.98 Å². The van der Waals surface area contributed by atoms with Gasteiger partial charge >= 0.3 is 0 Å². The molecular formula is C11H11BrN2O. The third-order valence-electron chi connectivity index (χ3n) is 2.33. The van der Waals surface area contributed by atoms with Crippen molar-refractivity contribution < 1.29 is 4.79 Å². The Balaban J connectivity index is 2.75. The van der Waals surface area contributed by atoms with Crippen LogP contribution in [0.25, 0.3) is 11.0 Å². The lowest BCUT2D eigenvalue weighted by Gasteiger charge is -2.01. The Morgan fingerprint density at radius 3 is 3.07 bits per heavy atom. The van der Waals surface area contributed by atoms with Gasteiger partial charge in [0.05, 0.1) is 0 Å². The highest BCUT2D eigenvalue weighted by Crippen LogP contribution is 2.26. The van der Waals surface area contributed by atoms with E-state index < -0.39 is 0 Å². The van der Waals surface area contributed by atoms with Crippen molar-refractivity contribution >= 4 is 33.2 Å². The second kappa shape index (κ2) is 4.14. The Labute approximate surface area is 96.2 Å². The fraction of sp³-hybridized carbons (Fsp3) is 0.273. The Hall–Kier alpha value is -1.16. The van der Waals surface area contributed by atoms with Crippen molar-refractivity contribution in [3.8, 4) is 0 Å². The van der Waals surface area contributed by atoms with Crippen LogP contribution in [0.5, 0.6) is 0 Å². The molecule has 0 bridgehead atoms. The molecule has 0 unspecified atom stereocenters. The van der Waals surface area contributed by atoms with Gasteiger partial charge in [0.2, 0.25) is 0 Å². The summed E-state index contributed by atoms with van der Waals surface area (Å²) in [5.41, 5.74) is 1.56. The highest BCUT2D eigenvalue weighted by Gasteiger charge is 2.10. The van der Waals surface area contributed by atoms with Crippen molar-refractivity contribution in [1.29, 1.82) is 0 Å². The number of hydrogen-bond donors (Lipinski definition) is 0. The molecule has 0 aliphatic heterocycles. The van der Waals surface area contributed by atoms with Gasteiger partial charge in [0.25, 0.3) is 0 Å². The first-order valence-corrected chi connectivity index (χ1v) is 5.65. The van der Waals surface area contributed by atoms with Crippen LogP contribution in [0.15, 0.2) is 22.9 Å². The number of hydrogen-bond acceptors (Lipinski definition) is 2. The number of carbonyl (C=O) groups is 1. The summed E-state index contributed by atoms with van der Waals surface area (Å²) >= 11 is 3.44. The molecule has 2 aromatic heterocycles. The fourth-order valence-electron chi connectivity index (χ4n) is 1.71. The molecule has 0 aromatic carbocycles. The average molecular weight is 267 g/mol. The molecule has 0 spiro atoms. The van der Waals surface area contributed by atoms with Crippen molar-refractivity contribution in [2.45, 2.75) is 19.9 Å². The maximum Gasteiger partial charge on any atom is 0.152 e. The number of aromatic nitrogens is 2. The second-order valence-corrected chi connectivity index (χ2v) is 4.24. The minimum absolute atomic E-state index is 0.693.